The molecule has 0 unspecified atom stereocenters. The maximum Gasteiger partial charge on any atom is 0.243 e. The van der Waals surface area contributed by atoms with Crippen LogP contribution in [0.3, 0.4) is 0 Å². The number of hydrogen-bond acceptors (Lipinski definition) is 5. The first kappa shape index (κ1) is 15.2. The van der Waals surface area contributed by atoms with E-state index in [2.05, 4.69) is 40.5 Å². The Kier molecular flexibility index (Phi) is 4.85. The van der Waals surface area contributed by atoms with Crippen LogP contribution in [-0.2, 0) is 0 Å². The number of thiol groups is 1. The van der Waals surface area contributed by atoms with Crippen molar-refractivity contribution in [2.45, 2.75) is 11.3 Å². The van der Waals surface area contributed by atoms with Crippen molar-refractivity contribution in [3.8, 4) is 11.6 Å². The Morgan fingerprint density at radius 1 is 1.09 bits per heavy atom. The average Bonchev–Trinajstić information content (AvgIpc) is 2.73. The summed E-state index contributed by atoms with van der Waals surface area (Å²) in [7, 11) is 2.17. The summed E-state index contributed by atoms with van der Waals surface area (Å²) in [6.07, 6.45) is 2.92. The first-order valence-electron chi connectivity index (χ1n) is 7.58. The van der Waals surface area contributed by atoms with Gasteiger partial charge >= 0.3 is 0 Å². The summed E-state index contributed by atoms with van der Waals surface area (Å²) < 4.78 is 6.00. The van der Waals surface area contributed by atoms with Crippen LogP contribution in [0, 0.1) is 0 Å². The van der Waals surface area contributed by atoms with Gasteiger partial charge in [0.2, 0.25) is 5.88 Å². The molecule has 0 atom stereocenters. The van der Waals surface area contributed by atoms with Crippen molar-refractivity contribution in [3.63, 3.8) is 0 Å². The van der Waals surface area contributed by atoms with Gasteiger partial charge in [-0.1, -0.05) is 6.07 Å². The van der Waals surface area contributed by atoms with E-state index in [0.29, 0.717) is 5.88 Å². The zero-order valence-corrected chi connectivity index (χ0v) is 13.7. The second-order valence-corrected chi connectivity index (χ2v) is 6.09. The molecule has 4 nitrogen and oxygen atoms in total. The highest BCUT2D eigenvalue weighted by atomic mass is 32.1. The fraction of sp³-hybridized carbons (Fsp3) is 0.353. The Morgan fingerprint density at radius 3 is 2.86 bits per heavy atom. The Morgan fingerprint density at radius 2 is 2.00 bits per heavy atom. The van der Waals surface area contributed by atoms with Gasteiger partial charge in [0.25, 0.3) is 0 Å². The normalized spacial score (nSPS) is 16.4. The Bertz CT molecular complexity index is 635. The standard InChI is InChI=1S/C17H21N3OS/c1-19-9-4-10-20(12-11-19)16-7-3-8-18-17(16)21-14-5-2-6-15(22)13-14/h2-3,5-8,13,22H,4,9-12H2,1H3. The van der Waals surface area contributed by atoms with Crippen molar-refractivity contribution in [3.05, 3.63) is 42.6 Å². The van der Waals surface area contributed by atoms with Crippen LogP contribution in [0.15, 0.2) is 47.5 Å². The first-order chi connectivity index (χ1) is 10.7. The molecule has 0 spiro atoms. The van der Waals surface area contributed by atoms with E-state index >= 15 is 0 Å². The minimum absolute atomic E-state index is 0.658. The third-order valence-corrected chi connectivity index (χ3v) is 4.12. The lowest BCUT2D eigenvalue weighted by atomic mass is 10.3. The molecule has 0 N–H and O–H groups in total. The Labute approximate surface area is 137 Å². The van der Waals surface area contributed by atoms with E-state index in [9.17, 15) is 0 Å². The molecule has 3 rings (SSSR count). The Balaban J connectivity index is 1.83. The third-order valence-electron chi connectivity index (χ3n) is 3.84. The van der Waals surface area contributed by atoms with E-state index in [4.69, 9.17) is 4.74 Å². The molecular formula is C17H21N3OS. The van der Waals surface area contributed by atoms with Gasteiger partial charge in [0, 0.05) is 30.7 Å². The number of rotatable bonds is 3. The van der Waals surface area contributed by atoms with Crippen LogP contribution in [0.2, 0.25) is 0 Å². The van der Waals surface area contributed by atoms with Crippen molar-refractivity contribution in [2.24, 2.45) is 0 Å². The van der Waals surface area contributed by atoms with E-state index in [1.807, 2.05) is 30.3 Å². The van der Waals surface area contributed by atoms with Crippen molar-refractivity contribution < 1.29 is 4.74 Å². The smallest absolute Gasteiger partial charge is 0.243 e. The molecule has 1 saturated heterocycles. The molecule has 1 aliphatic heterocycles. The largest absolute Gasteiger partial charge is 0.437 e. The number of benzene rings is 1. The third kappa shape index (κ3) is 3.72. The number of aromatic nitrogens is 1. The maximum absolute atomic E-state index is 6.00. The second-order valence-electron chi connectivity index (χ2n) is 5.57. The Hall–Kier alpha value is -1.72. The lowest BCUT2D eigenvalue weighted by Gasteiger charge is -2.24. The van der Waals surface area contributed by atoms with Gasteiger partial charge in [0.15, 0.2) is 0 Å². The second kappa shape index (κ2) is 7.03. The number of nitrogens with zero attached hydrogens (tertiary/aromatic N) is 3. The zero-order chi connectivity index (χ0) is 15.4. The highest BCUT2D eigenvalue weighted by Gasteiger charge is 2.17. The molecule has 22 heavy (non-hydrogen) atoms. The van der Waals surface area contributed by atoms with Crippen LogP contribution in [0.1, 0.15) is 6.42 Å². The molecule has 0 aliphatic carbocycles. The van der Waals surface area contributed by atoms with Crippen LogP contribution in [0.4, 0.5) is 5.69 Å². The molecule has 0 saturated carbocycles. The lowest BCUT2D eigenvalue weighted by Crippen LogP contribution is -2.29. The van der Waals surface area contributed by atoms with Crippen molar-refractivity contribution in [1.29, 1.82) is 0 Å². The molecule has 116 valence electrons. The molecule has 2 aromatic rings. The van der Waals surface area contributed by atoms with Gasteiger partial charge in [-0.15, -0.1) is 12.6 Å². The van der Waals surface area contributed by atoms with Crippen molar-refractivity contribution >= 4 is 18.3 Å². The van der Waals surface area contributed by atoms with Gasteiger partial charge in [0.05, 0.1) is 0 Å². The summed E-state index contributed by atoms with van der Waals surface area (Å²) in [5, 5.41) is 0. The first-order valence-corrected chi connectivity index (χ1v) is 8.02. The monoisotopic (exact) mass is 315 g/mol. The van der Waals surface area contributed by atoms with Gasteiger partial charge in [0.1, 0.15) is 11.4 Å². The van der Waals surface area contributed by atoms with Crippen LogP contribution in [-0.4, -0.2) is 43.1 Å². The quantitative estimate of drug-likeness (QED) is 0.880. The molecule has 1 aliphatic rings. The summed E-state index contributed by atoms with van der Waals surface area (Å²) in [5.74, 6) is 1.42. The summed E-state index contributed by atoms with van der Waals surface area (Å²) in [6, 6.07) is 11.7. The number of likely N-dealkylation sites (N-methyl/N-ethyl adjacent to an activating group) is 1. The molecule has 1 fully saturated rings. The highest BCUT2D eigenvalue weighted by Crippen LogP contribution is 2.31. The number of pyridine rings is 1. The van der Waals surface area contributed by atoms with Crippen molar-refractivity contribution in [2.75, 3.05) is 38.1 Å². The number of ether oxygens (including phenoxy) is 1. The van der Waals surface area contributed by atoms with E-state index in [-0.39, 0.29) is 0 Å². The van der Waals surface area contributed by atoms with E-state index in [1.165, 1.54) is 0 Å². The van der Waals surface area contributed by atoms with Gasteiger partial charge < -0.3 is 14.5 Å². The topological polar surface area (TPSA) is 28.6 Å². The summed E-state index contributed by atoms with van der Waals surface area (Å²) in [4.78, 5) is 10.0. The van der Waals surface area contributed by atoms with Gasteiger partial charge in [-0.3, -0.25) is 0 Å². The zero-order valence-electron chi connectivity index (χ0n) is 12.8. The predicted octanol–water partition coefficient (Wildman–Crippen LogP) is 3.30. The fourth-order valence-corrected chi connectivity index (χ4v) is 2.86. The summed E-state index contributed by atoms with van der Waals surface area (Å²) in [5.41, 5.74) is 1.06. The lowest BCUT2D eigenvalue weighted by molar-refractivity contribution is 0.360. The van der Waals surface area contributed by atoms with Gasteiger partial charge in [-0.2, -0.15) is 0 Å². The van der Waals surface area contributed by atoms with Crippen LogP contribution in [0.5, 0.6) is 11.6 Å². The van der Waals surface area contributed by atoms with E-state index in [1.54, 1.807) is 6.20 Å². The molecule has 1 aromatic heterocycles. The van der Waals surface area contributed by atoms with E-state index in [0.717, 1.165) is 48.9 Å². The summed E-state index contributed by atoms with van der Waals surface area (Å²) >= 11 is 4.36. The van der Waals surface area contributed by atoms with Crippen molar-refractivity contribution in [1.82, 2.24) is 9.88 Å². The predicted molar refractivity (Wildman–Crippen MR) is 92.3 cm³/mol. The average molecular weight is 315 g/mol. The molecular weight excluding hydrogens is 294 g/mol. The van der Waals surface area contributed by atoms with Gasteiger partial charge in [-0.25, -0.2) is 4.98 Å². The molecule has 0 radical (unpaired) electrons. The molecule has 0 amide bonds. The molecule has 5 heteroatoms. The number of anilines is 1. The van der Waals surface area contributed by atoms with Gasteiger partial charge in [-0.05, 0) is 50.3 Å². The highest BCUT2D eigenvalue weighted by molar-refractivity contribution is 7.80. The maximum atomic E-state index is 6.00. The minimum Gasteiger partial charge on any atom is -0.437 e. The summed E-state index contributed by atoms with van der Waals surface area (Å²) in [6.45, 7) is 4.21. The number of hydrogen-bond donors (Lipinski definition) is 1. The van der Waals surface area contributed by atoms with E-state index < -0.39 is 0 Å². The SMILES string of the molecule is CN1CCCN(c2cccnc2Oc2cccc(S)c2)CC1. The van der Waals surface area contributed by atoms with Crippen LogP contribution in [0.25, 0.3) is 0 Å². The van der Waals surface area contributed by atoms with Crippen LogP contribution < -0.4 is 9.64 Å². The fourth-order valence-electron chi connectivity index (χ4n) is 2.65. The molecule has 1 aromatic carbocycles. The molecule has 0 bridgehead atoms. The minimum atomic E-state index is 0.658. The molecule has 2 heterocycles. The van der Waals surface area contributed by atoms with Crippen LogP contribution >= 0.6 is 12.6 Å².